The molecule has 0 bridgehead atoms. The SMILES string of the molecule is CN(C(=O)c1ccc2ccccc2n1)c1cccc(N)c1. The molecule has 3 aromatic rings. The Hall–Kier alpha value is -2.88. The second-order valence-corrected chi connectivity index (χ2v) is 4.85. The number of para-hydroxylation sites is 1. The molecule has 0 aliphatic heterocycles. The van der Waals surface area contributed by atoms with E-state index in [0.717, 1.165) is 16.6 Å². The number of rotatable bonds is 2. The number of hydrogen-bond acceptors (Lipinski definition) is 3. The zero-order valence-corrected chi connectivity index (χ0v) is 11.7. The van der Waals surface area contributed by atoms with E-state index >= 15 is 0 Å². The predicted molar refractivity (Wildman–Crippen MR) is 85.3 cm³/mol. The van der Waals surface area contributed by atoms with E-state index in [1.54, 1.807) is 30.1 Å². The van der Waals surface area contributed by atoms with Crippen LogP contribution >= 0.6 is 0 Å². The number of carbonyl (C=O) groups is 1. The lowest BCUT2D eigenvalue weighted by molar-refractivity contribution is 0.0988. The fourth-order valence-electron chi connectivity index (χ4n) is 2.21. The van der Waals surface area contributed by atoms with Gasteiger partial charge in [0.05, 0.1) is 5.52 Å². The van der Waals surface area contributed by atoms with Crippen molar-refractivity contribution >= 4 is 28.2 Å². The summed E-state index contributed by atoms with van der Waals surface area (Å²) in [6, 6.07) is 18.6. The minimum absolute atomic E-state index is 0.161. The molecule has 104 valence electrons. The lowest BCUT2D eigenvalue weighted by Crippen LogP contribution is -2.27. The molecule has 0 radical (unpaired) electrons. The van der Waals surface area contributed by atoms with E-state index in [4.69, 9.17) is 5.73 Å². The number of nitrogens with zero attached hydrogens (tertiary/aromatic N) is 2. The fraction of sp³-hybridized carbons (Fsp3) is 0.0588. The third kappa shape index (κ3) is 2.56. The van der Waals surface area contributed by atoms with E-state index in [9.17, 15) is 4.79 Å². The summed E-state index contributed by atoms with van der Waals surface area (Å²) >= 11 is 0. The number of nitrogen functional groups attached to an aromatic ring is 1. The molecule has 21 heavy (non-hydrogen) atoms. The molecule has 0 spiro atoms. The van der Waals surface area contributed by atoms with Crippen LogP contribution in [0.5, 0.6) is 0 Å². The van der Waals surface area contributed by atoms with Crippen molar-refractivity contribution in [2.24, 2.45) is 0 Å². The van der Waals surface area contributed by atoms with Crippen LogP contribution in [-0.4, -0.2) is 17.9 Å². The first-order valence-corrected chi connectivity index (χ1v) is 6.64. The maximum atomic E-state index is 12.5. The number of amides is 1. The van der Waals surface area contributed by atoms with E-state index < -0.39 is 0 Å². The first kappa shape index (κ1) is 13.1. The molecule has 1 heterocycles. The van der Waals surface area contributed by atoms with Gasteiger partial charge in [-0.15, -0.1) is 0 Å². The second kappa shape index (κ2) is 5.25. The molecule has 0 atom stereocenters. The van der Waals surface area contributed by atoms with Gasteiger partial charge in [-0.05, 0) is 30.3 Å². The minimum Gasteiger partial charge on any atom is -0.399 e. The normalized spacial score (nSPS) is 10.5. The van der Waals surface area contributed by atoms with Crippen molar-refractivity contribution in [1.29, 1.82) is 0 Å². The van der Waals surface area contributed by atoms with Crippen molar-refractivity contribution in [3.8, 4) is 0 Å². The van der Waals surface area contributed by atoms with Crippen LogP contribution in [0.15, 0.2) is 60.7 Å². The number of hydrogen-bond donors (Lipinski definition) is 1. The van der Waals surface area contributed by atoms with E-state index in [1.807, 2.05) is 42.5 Å². The molecule has 1 aromatic heterocycles. The van der Waals surface area contributed by atoms with Gasteiger partial charge in [-0.1, -0.05) is 30.3 Å². The van der Waals surface area contributed by atoms with Crippen molar-refractivity contribution < 1.29 is 4.79 Å². The molecule has 2 aromatic carbocycles. The van der Waals surface area contributed by atoms with Gasteiger partial charge in [-0.2, -0.15) is 0 Å². The van der Waals surface area contributed by atoms with Crippen molar-refractivity contribution in [2.75, 3.05) is 17.7 Å². The highest BCUT2D eigenvalue weighted by Gasteiger charge is 2.15. The van der Waals surface area contributed by atoms with Crippen LogP contribution in [0, 0.1) is 0 Å². The Morgan fingerprint density at radius 1 is 1.05 bits per heavy atom. The number of fused-ring (bicyclic) bond motifs is 1. The van der Waals surface area contributed by atoms with Gasteiger partial charge in [0.15, 0.2) is 0 Å². The topological polar surface area (TPSA) is 59.2 Å². The minimum atomic E-state index is -0.161. The molecule has 0 fully saturated rings. The summed E-state index contributed by atoms with van der Waals surface area (Å²) < 4.78 is 0. The van der Waals surface area contributed by atoms with Crippen LogP contribution in [0.1, 0.15) is 10.5 Å². The summed E-state index contributed by atoms with van der Waals surface area (Å²) in [5, 5.41) is 1.01. The molecule has 0 aliphatic carbocycles. The largest absolute Gasteiger partial charge is 0.399 e. The predicted octanol–water partition coefficient (Wildman–Crippen LogP) is 3.09. The van der Waals surface area contributed by atoms with Gasteiger partial charge in [0.1, 0.15) is 5.69 Å². The van der Waals surface area contributed by atoms with Gasteiger partial charge in [0.2, 0.25) is 0 Å². The van der Waals surface area contributed by atoms with Crippen molar-refractivity contribution in [2.45, 2.75) is 0 Å². The quantitative estimate of drug-likeness (QED) is 0.732. The van der Waals surface area contributed by atoms with Crippen molar-refractivity contribution in [3.05, 3.63) is 66.4 Å². The molecule has 0 saturated carbocycles. The number of pyridine rings is 1. The van der Waals surface area contributed by atoms with Gasteiger partial charge in [0, 0.05) is 23.8 Å². The fourth-order valence-corrected chi connectivity index (χ4v) is 2.21. The van der Waals surface area contributed by atoms with E-state index in [0.29, 0.717) is 11.4 Å². The van der Waals surface area contributed by atoms with E-state index in [2.05, 4.69) is 4.98 Å². The zero-order chi connectivity index (χ0) is 14.8. The van der Waals surface area contributed by atoms with Crippen LogP contribution < -0.4 is 10.6 Å². The molecule has 2 N–H and O–H groups in total. The first-order valence-electron chi connectivity index (χ1n) is 6.64. The average molecular weight is 277 g/mol. The van der Waals surface area contributed by atoms with Crippen molar-refractivity contribution in [3.63, 3.8) is 0 Å². The highest BCUT2D eigenvalue weighted by molar-refractivity contribution is 6.05. The average Bonchev–Trinajstić information content (AvgIpc) is 2.53. The lowest BCUT2D eigenvalue weighted by Gasteiger charge is -2.17. The molecule has 0 unspecified atom stereocenters. The van der Waals surface area contributed by atoms with Crippen LogP contribution in [0.2, 0.25) is 0 Å². The summed E-state index contributed by atoms with van der Waals surface area (Å²) in [5.41, 5.74) is 8.35. The Bertz CT molecular complexity index is 814. The molecular weight excluding hydrogens is 262 g/mol. The number of aromatic nitrogens is 1. The smallest absolute Gasteiger partial charge is 0.276 e. The Balaban J connectivity index is 1.96. The molecule has 0 saturated heterocycles. The van der Waals surface area contributed by atoms with E-state index in [1.165, 1.54) is 0 Å². The molecular formula is C17H15N3O. The zero-order valence-electron chi connectivity index (χ0n) is 11.7. The van der Waals surface area contributed by atoms with Crippen LogP contribution in [0.25, 0.3) is 10.9 Å². The Morgan fingerprint density at radius 3 is 2.67 bits per heavy atom. The summed E-state index contributed by atoms with van der Waals surface area (Å²) in [6.45, 7) is 0. The third-order valence-corrected chi connectivity index (χ3v) is 3.38. The maximum Gasteiger partial charge on any atom is 0.276 e. The van der Waals surface area contributed by atoms with Crippen LogP contribution in [0.3, 0.4) is 0 Å². The van der Waals surface area contributed by atoms with Gasteiger partial charge in [0.25, 0.3) is 5.91 Å². The summed E-state index contributed by atoms with van der Waals surface area (Å²) in [5.74, 6) is -0.161. The standard InChI is InChI=1S/C17H15N3O/c1-20(14-7-4-6-13(18)11-14)17(21)16-10-9-12-5-2-3-8-15(12)19-16/h2-11H,18H2,1H3. The summed E-state index contributed by atoms with van der Waals surface area (Å²) in [6.07, 6.45) is 0. The number of benzene rings is 2. The summed E-state index contributed by atoms with van der Waals surface area (Å²) in [7, 11) is 1.72. The Kier molecular flexibility index (Phi) is 3.28. The lowest BCUT2D eigenvalue weighted by atomic mass is 10.2. The first-order chi connectivity index (χ1) is 10.1. The Labute approximate surface area is 122 Å². The molecule has 3 rings (SSSR count). The maximum absolute atomic E-state index is 12.5. The Morgan fingerprint density at radius 2 is 1.86 bits per heavy atom. The van der Waals surface area contributed by atoms with Crippen molar-refractivity contribution in [1.82, 2.24) is 4.98 Å². The molecule has 0 aliphatic rings. The highest BCUT2D eigenvalue weighted by atomic mass is 16.2. The van der Waals surface area contributed by atoms with Crippen LogP contribution in [-0.2, 0) is 0 Å². The highest BCUT2D eigenvalue weighted by Crippen LogP contribution is 2.19. The molecule has 4 heteroatoms. The number of carbonyl (C=O) groups excluding carboxylic acids is 1. The number of nitrogens with two attached hydrogens (primary N) is 1. The molecule has 4 nitrogen and oxygen atoms in total. The molecule has 1 amide bonds. The van der Waals surface area contributed by atoms with Crippen LogP contribution in [0.4, 0.5) is 11.4 Å². The van der Waals surface area contributed by atoms with Gasteiger partial charge < -0.3 is 10.6 Å². The van der Waals surface area contributed by atoms with E-state index in [-0.39, 0.29) is 5.91 Å². The third-order valence-electron chi connectivity index (χ3n) is 3.38. The van der Waals surface area contributed by atoms with Gasteiger partial charge >= 0.3 is 0 Å². The van der Waals surface area contributed by atoms with Gasteiger partial charge in [-0.25, -0.2) is 4.98 Å². The number of anilines is 2. The van der Waals surface area contributed by atoms with Gasteiger partial charge in [-0.3, -0.25) is 4.79 Å². The monoisotopic (exact) mass is 277 g/mol. The second-order valence-electron chi connectivity index (χ2n) is 4.85. The summed E-state index contributed by atoms with van der Waals surface area (Å²) in [4.78, 5) is 18.5.